The topological polar surface area (TPSA) is 66.5 Å². The normalized spacial score (nSPS) is 16.8. The van der Waals surface area contributed by atoms with Gasteiger partial charge >= 0.3 is 0 Å². The summed E-state index contributed by atoms with van der Waals surface area (Å²) in [5.74, 6) is 0.436. The Balaban J connectivity index is 2.15. The number of carbonyl (C=O) groups is 1. The first-order valence-electron chi connectivity index (χ1n) is 6.74. The highest BCUT2D eigenvalue weighted by molar-refractivity contribution is 7.91. The van der Waals surface area contributed by atoms with Crippen molar-refractivity contribution in [3.63, 3.8) is 0 Å². The second kappa shape index (κ2) is 7.74. The van der Waals surface area contributed by atoms with Gasteiger partial charge in [0, 0.05) is 25.4 Å². The molecule has 0 spiro atoms. The molecule has 1 heterocycles. The number of carbonyl (C=O) groups excluding carboxylic acids is 1. The Morgan fingerprint density at radius 3 is 2.44 bits per heavy atom. The van der Waals surface area contributed by atoms with Gasteiger partial charge in [0.05, 0.1) is 12.3 Å². The SMILES string of the molecule is CCCS(=O)(=O)CCNCC(=O)N1CCCCC1. The minimum Gasteiger partial charge on any atom is -0.342 e. The molecule has 1 saturated heterocycles. The van der Waals surface area contributed by atoms with E-state index in [0.717, 1.165) is 25.9 Å². The lowest BCUT2D eigenvalue weighted by molar-refractivity contribution is -0.131. The van der Waals surface area contributed by atoms with Gasteiger partial charge in [-0.2, -0.15) is 0 Å². The molecule has 0 saturated carbocycles. The fraction of sp³-hybridized carbons (Fsp3) is 0.917. The lowest BCUT2D eigenvalue weighted by Crippen LogP contribution is -2.42. The Hall–Kier alpha value is -0.620. The van der Waals surface area contributed by atoms with E-state index in [0.29, 0.717) is 13.0 Å². The summed E-state index contributed by atoms with van der Waals surface area (Å²) in [6.07, 6.45) is 4.01. The zero-order valence-corrected chi connectivity index (χ0v) is 12.0. The van der Waals surface area contributed by atoms with E-state index in [1.165, 1.54) is 6.42 Å². The predicted molar refractivity (Wildman–Crippen MR) is 72.2 cm³/mol. The van der Waals surface area contributed by atoms with Gasteiger partial charge < -0.3 is 10.2 Å². The predicted octanol–water partition coefficient (Wildman–Crippen LogP) is 0.413. The van der Waals surface area contributed by atoms with Crippen LogP contribution in [0.1, 0.15) is 32.6 Å². The summed E-state index contributed by atoms with van der Waals surface area (Å²) in [7, 11) is -2.94. The maximum absolute atomic E-state index is 11.8. The molecule has 0 aromatic rings. The second-order valence-corrected chi connectivity index (χ2v) is 7.07. The van der Waals surface area contributed by atoms with Crippen molar-refractivity contribution in [2.45, 2.75) is 32.6 Å². The van der Waals surface area contributed by atoms with Crippen LogP contribution in [0.5, 0.6) is 0 Å². The molecule has 0 radical (unpaired) electrons. The molecule has 1 N–H and O–H groups in total. The molecule has 0 unspecified atom stereocenters. The molecule has 1 fully saturated rings. The van der Waals surface area contributed by atoms with E-state index in [4.69, 9.17) is 0 Å². The summed E-state index contributed by atoms with van der Waals surface area (Å²) < 4.78 is 22.9. The smallest absolute Gasteiger partial charge is 0.236 e. The van der Waals surface area contributed by atoms with Crippen molar-refractivity contribution in [2.75, 3.05) is 37.7 Å². The first kappa shape index (κ1) is 15.4. The van der Waals surface area contributed by atoms with Crippen LogP contribution in [0, 0.1) is 0 Å². The molecule has 1 aliphatic rings. The molecule has 6 heteroatoms. The fourth-order valence-electron chi connectivity index (χ4n) is 2.09. The van der Waals surface area contributed by atoms with Gasteiger partial charge in [-0.05, 0) is 25.7 Å². The molecular formula is C12H24N2O3S. The summed E-state index contributed by atoms with van der Waals surface area (Å²) in [6, 6.07) is 0. The Morgan fingerprint density at radius 2 is 1.83 bits per heavy atom. The highest BCUT2D eigenvalue weighted by Crippen LogP contribution is 2.08. The van der Waals surface area contributed by atoms with Crippen LogP contribution in [-0.2, 0) is 14.6 Å². The number of hydrogen-bond acceptors (Lipinski definition) is 4. The number of nitrogens with zero attached hydrogens (tertiary/aromatic N) is 1. The number of piperidine rings is 1. The average Bonchev–Trinajstić information content (AvgIpc) is 2.35. The third kappa shape index (κ3) is 5.82. The Morgan fingerprint density at radius 1 is 1.17 bits per heavy atom. The number of hydrogen-bond donors (Lipinski definition) is 1. The number of sulfone groups is 1. The molecule has 0 aliphatic carbocycles. The Labute approximate surface area is 110 Å². The first-order valence-corrected chi connectivity index (χ1v) is 8.56. The van der Waals surface area contributed by atoms with Crippen LogP contribution in [0.4, 0.5) is 0 Å². The molecule has 5 nitrogen and oxygen atoms in total. The lowest BCUT2D eigenvalue weighted by Gasteiger charge is -2.26. The van der Waals surface area contributed by atoms with Crippen LogP contribution < -0.4 is 5.32 Å². The van der Waals surface area contributed by atoms with E-state index >= 15 is 0 Å². The van der Waals surface area contributed by atoms with Crippen molar-refractivity contribution in [2.24, 2.45) is 0 Å². The Bertz CT molecular complexity index is 348. The second-order valence-electron chi connectivity index (χ2n) is 4.77. The van der Waals surface area contributed by atoms with E-state index in [1.807, 2.05) is 11.8 Å². The largest absolute Gasteiger partial charge is 0.342 e. The van der Waals surface area contributed by atoms with Crippen LogP contribution in [0.15, 0.2) is 0 Å². The van der Waals surface area contributed by atoms with Crippen molar-refractivity contribution >= 4 is 15.7 Å². The van der Waals surface area contributed by atoms with Gasteiger partial charge in [-0.1, -0.05) is 6.92 Å². The minimum atomic E-state index is -2.94. The molecule has 0 atom stereocenters. The Kier molecular flexibility index (Phi) is 6.63. The lowest BCUT2D eigenvalue weighted by atomic mass is 10.1. The minimum absolute atomic E-state index is 0.0857. The molecule has 0 aromatic heterocycles. The summed E-state index contributed by atoms with van der Waals surface area (Å²) in [5, 5.41) is 2.93. The van der Waals surface area contributed by atoms with Gasteiger partial charge in [-0.25, -0.2) is 8.42 Å². The van der Waals surface area contributed by atoms with E-state index in [9.17, 15) is 13.2 Å². The van der Waals surface area contributed by atoms with Crippen LogP contribution in [-0.4, -0.2) is 56.9 Å². The summed E-state index contributed by atoms with van der Waals surface area (Å²) >= 11 is 0. The molecule has 106 valence electrons. The van der Waals surface area contributed by atoms with Crippen molar-refractivity contribution in [3.8, 4) is 0 Å². The number of rotatable bonds is 7. The van der Waals surface area contributed by atoms with E-state index in [2.05, 4.69) is 5.32 Å². The van der Waals surface area contributed by atoms with Gasteiger partial charge in [0.2, 0.25) is 5.91 Å². The van der Waals surface area contributed by atoms with Crippen LogP contribution in [0.2, 0.25) is 0 Å². The zero-order valence-electron chi connectivity index (χ0n) is 11.2. The third-order valence-corrected chi connectivity index (χ3v) is 4.95. The number of nitrogens with one attached hydrogen (secondary N) is 1. The van der Waals surface area contributed by atoms with Crippen LogP contribution in [0.3, 0.4) is 0 Å². The molecule has 0 aromatic carbocycles. The highest BCUT2D eigenvalue weighted by Gasteiger charge is 2.16. The van der Waals surface area contributed by atoms with Gasteiger partial charge in [0.15, 0.2) is 9.84 Å². The van der Waals surface area contributed by atoms with Crippen molar-refractivity contribution < 1.29 is 13.2 Å². The van der Waals surface area contributed by atoms with Crippen LogP contribution in [0.25, 0.3) is 0 Å². The average molecular weight is 276 g/mol. The maximum Gasteiger partial charge on any atom is 0.236 e. The molecular weight excluding hydrogens is 252 g/mol. The quantitative estimate of drug-likeness (QED) is 0.684. The molecule has 1 amide bonds. The summed E-state index contributed by atoms with van der Waals surface area (Å²) in [5.41, 5.74) is 0. The molecule has 0 bridgehead atoms. The molecule has 1 aliphatic heterocycles. The number of likely N-dealkylation sites (tertiary alicyclic amines) is 1. The van der Waals surface area contributed by atoms with E-state index < -0.39 is 9.84 Å². The first-order chi connectivity index (χ1) is 8.55. The van der Waals surface area contributed by atoms with E-state index in [-0.39, 0.29) is 24.0 Å². The van der Waals surface area contributed by atoms with Crippen molar-refractivity contribution in [3.05, 3.63) is 0 Å². The fourth-order valence-corrected chi connectivity index (χ4v) is 3.37. The highest BCUT2D eigenvalue weighted by atomic mass is 32.2. The van der Waals surface area contributed by atoms with Crippen molar-refractivity contribution in [1.82, 2.24) is 10.2 Å². The van der Waals surface area contributed by atoms with E-state index in [1.54, 1.807) is 0 Å². The van der Waals surface area contributed by atoms with Crippen LogP contribution >= 0.6 is 0 Å². The summed E-state index contributed by atoms with van der Waals surface area (Å²) in [6.45, 7) is 4.15. The third-order valence-electron chi connectivity index (χ3n) is 3.09. The van der Waals surface area contributed by atoms with Gasteiger partial charge in [-0.3, -0.25) is 4.79 Å². The number of amides is 1. The van der Waals surface area contributed by atoms with Crippen molar-refractivity contribution in [1.29, 1.82) is 0 Å². The maximum atomic E-state index is 11.8. The van der Waals surface area contributed by atoms with Gasteiger partial charge in [0.1, 0.15) is 0 Å². The van der Waals surface area contributed by atoms with Gasteiger partial charge in [0.25, 0.3) is 0 Å². The zero-order chi connectivity index (χ0) is 13.4. The van der Waals surface area contributed by atoms with Gasteiger partial charge in [-0.15, -0.1) is 0 Å². The molecule has 1 rings (SSSR count). The monoisotopic (exact) mass is 276 g/mol. The summed E-state index contributed by atoms with van der Waals surface area (Å²) in [4.78, 5) is 13.6. The molecule has 18 heavy (non-hydrogen) atoms. The standard InChI is InChI=1S/C12H24N2O3S/c1-2-9-18(16,17)10-6-13-11-12(15)14-7-4-3-5-8-14/h13H,2-11H2,1H3.